The first-order valence-corrected chi connectivity index (χ1v) is 9.80. The molecule has 3 N–H and O–H groups in total. The van der Waals surface area contributed by atoms with Crippen LogP contribution in [0.15, 0.2) is 33.9 Å². The fourth-order valence-corrected chi connectivity index (χ4v) is 3.25. The van der Waals surface area contributed by atoms with Crippen LogP contribution in [0.3, 0.4) is 0 Å². The summed E-state index contributed by atoms with van der Waals surface area (Å²) >= 11 is 0. The van der Waals surface area contributed by atoms with E-state index in [0.717, 1.165) is 6.42 Å². The number of nitrogens with one attached hydrogen (secondary N) is 1. The molecule has 1 aliphatic heterocycles. The maximum Gasteiger partial charge on any atom is 0.330 e. The van der Waals surface area contributed by atoms with Crippen molar-refractivity contribution in [1.82, 2.24) is 9.55 Å². The van der Waals surface area contributed by atoms with Gasteiger partial charge in [0.1, 0.15) is 12.4 Å². The number of fused-ring (bicyclic) bond motifs is 1. The highest BCUT2D eigenvalue weighted by molar-refractivity contribution is 5.98. The fourth-order valence-electron chi connectivity index (χ4n) is 3.25. The van der Waals surface area contributed by atoms with Crippen LogP contribution >= 0.6 is 0 Å². The summed E-state index contributed by atoms with van der Waals surface area (Å²) in [6, 6.07) is 7.07. The summed E-state index contributed by atoms with van der Waals surface area (Å²) in [4.78, 5) is 41.6. The van der Waals surface area contributed by atoms with Crippen molar-refractivity contribution in [2.45, 2.75) is 45.8 Å². The molecule has 1 aromatic heterocycles. The van der Waals surface area contributed by atoms with Crippen LogP contribution in [0.4, 0.5) is 11.5 Å². The first kappa shape index (κ1) is 20.5. The number of H-pyrrole nitrogens is 1. The molecular weight excluding hydrogens is 376 g/mol. The molecule has 1 amide bonds. The Bertz CT molecular complexity index is 997. The highest BCUT2D eigenvalue weighted by atomic mass is 16.6. The van der Waals surface area contributed by atoms with Crippen molar-refractivity contribution in [3.8, 4) is 11.5 Å². The number of hydrogen-bond acceptors (Lipinski definition) is 6. The molecule has 0 spiro atoms. The van der Waals surface area contributed by atoms with Crippen LogP contribution in [-0.2, 0) is 11.3 Å². The van der Waals surface area contributed by atoms with Crippen LogP contribution in [0.1, 0.15) is 33.1 Å². The van der Waals surface area contributed by atoms with Gasteiger partial charge < -0.3 is 20.1 Å². The lowest BCUT2D eigenvalue weighted by Crippen LogP contribution is -2.49. The Morgan fingerprint density at radius 1 is 1.24 bits per heavy atom. The molecule has 1 aromatic carbocycles. The van der Waals surface area contributed by atoms with Gasteiger partial charge in [-0.25, -0.2) is 4.79 Å². The molecular formula is C20H26N4O5. The van der Waals surface area contributed by atoms with E-state index >= 15 is 0 Å². The number of carbonyl (C=O) groups excluding carboxylic acids is 1. The van der Waals surface area contributed by atoms with Crippen LogP contribution in [0, 0.1) is 0 Å². The predicted octanol–water partition coefficient (Wildman–Crippen LogP) is 1.50. The quantitative estimate of drug-likeness (QED) is 0.724. The molecule has 0 aliphatic carbocycles. The van der Waals surface area contributed by atoms with Gasteiger partial charge in [0.25, 0.3) is 11.5 Å². The summed E-state index contributed by atoms with van der Waals surface area (Å²) in [5.41, 5.74) is 4.87. The van der Waals surface area contributed by atoms with Crippen molar-refractivity contribution < 1.29 is 14.3 Å². The fraction of sp³-hybridized carbons (Fsp3) is 0.450. The summed E-state index contributed by atoms with van der Waals surface area (Å²) < 4.78 is 12.7. The number of rotatable bonds is 7. The summed E-state index contributed by atoms with van der Waals surface area (Å²) in [6.45, 7) is 4.49. The maximum atomic E-state index is 13.2. The highest BCUT2D eigenvalue weighted by Gasteiger charge is 2.34. The first-order chi connectivity index (χ1) is 14.0. The number of benzene rings is 1. The van der Waals surface area contributed by atoms with Crippen LogP contribution in [0.2, 0.25) is 0 Å². The zero-order chi connectivity index (χ0) is 21.0. The number of aromatic amines is 1. The van der Waals surface area contributed by atoms with Crippen molar-refractivity contribution in [2.24, 2.45) is 0 Å². The lowest BCUT2D eigenvalue weighted by molar-refractivity contribution is -0.127. The number of para-hydroxylation sites is 2. The Hall–Kier alpha value is -3.23. The molecule has 2 aromatic rings. The third-order valence-electron chi connectivity index (χ3n) is 4.72. The van der Waals surface area contributed by atoms with Gasteiger partial charge in [-0.1, -0.05) is 32.4 Å². The Balaban J connectivity index is 1.97. The summed E-state index contributed by atoms with van der Waals surface area (Å²) in [6.07, 6.45) is 1.23. The molecule has 3 rings (SSSR count). The minimum absolute atomic E-state index is 0.0172. The van der Waals surface area contributed by atoms with E-state index in [-0.39, 0.29) is 24.7 Å². The van der Waals surface area contributed by atoms with Crippen LogP contribution in [0.25, 0.3) is 0 Å². The van der Waals surface area contributed by atoms with Crippen LogP contribution < -0.4 is 31.4 Å². The molecule has 0 fully saturated rings. The number of hydrogen-bond donors (Lipinski definition) is 2. The molecule has 1 atom stereocenters. The topological polar surface area (TPSA) is 120 Å². The molecule has 9 nitrogen and oxygen atoms in total. The third kappa shape index (κ3) is 4.13. The van der Waals surface area contributed by atoms with Gasteiger partial charge in [0.05, 0.1) is 0 Å². The normalized spacial score (nSPS) is 15.2. The number of ether oxygens (including phenoxy) is 2. The molecule has 29 heavy (non-hydrogen) atoms. The van der Waals surface area contributed by atoms with E-state index in [1.54, 1.807) is 18.2 Å². The highest BCUT2D eigenvalue weighted by Crippen LogP contribution is 2.32. The zero-order valence-corrected chi connectivity index (χ0v) is 16.6. The number of anilines is 2. The van der Waals surface area contributed by atoms with E-state index in [0.29, 0.717) is 30.9 Å². The number of aromatic nitrogens is 2. The van der Waals surface area contributed by atoms with Crippen LogP contribution in [0.5, 0.6) is 11.5 Å². The minimum Gasteiger partial charge on any atom is -0.485 e. The number of nitrogen functional groups attached to an aromatic ring is 1. The van der Waals surface area contributed by atoms with E-state index < -0.39 is 23.3 Å². The van der Waals surface area contributed by atoms with Gasteiger partial charge >= 0.3 is 5.69 Å². The summed E-state index contributed by atoms with van der Waals surface area (Å²) in [5.74, 6) is 0.554. The zero-order valence-electron chi connectivity index (χ0n) is 16.6. The van der Waals surface area contributed by atoms with Gasteiger partial charge in [-0.3, -0.25) is 19.1 Å². The largest absolute Gasteiger partial charge is 0.485 e. The second-order valence-electron chi connectivity index (χ2n) is 6.85. The van der Waals surface area contributed by atoms with Gasteiger partial charge in [-0.2, -0.15) is 0 Å². The minimum atomic E-state index is -0.925. The van der Waals surface area contributed by atoms with Crippen LogP contribution in [-0.4, -0.2) is 34.7 Å². The maximum absolute atomic E-state index is 13.2. The summed E-state index contributed by atoms with van der Waals surface area (Å²) in [7, 11) is 0. The predicted molar refractivity (Wildman–Crippen MR) is 110 cm³/mol. The van der Waals surface area contributed by atoms with E-state index in [9.17, 15) is 14.4 Å². The van der Waals surface area contributed by atoms with Crippen molar-refractivity contribution in [3.63, 3.8) is 0 Å². The second-order valence-corrected chi connectivity index (χ2v) is 6.85. The Labute approximate surface area is 168 Å². The van der Waals surface area contributed by atoms with E-state index in [1.807, 2.05) is 19.9 Å². The Kier molecular flexibility index (Phi) is 6.26. The number of unbranched alkanes of at least 4 members (excludes halogenated alkanes) is 1. The van der Waals surface area contributed by atoms with E-state index in [4.69, 9.17) is 15.2 Å². The number of nitrogens with zero attached hydrogens (tertiary/aromatic N) is 2. The van der Waals surface area contributed by atoms with Gasteiger partial charge in [0.15, 0.2) is 17.2 Å². The smallest absolute Gasteiger partial charge is 0.330 e. The number of carbonyl (C=O) groups is 1. The van der Waals surface area contributed by atoms with Gasteiger partial charge in [-0.05, 0) is 25.0 Å². The van der Waals surface area contributed by atoms with Gasteiger partial charge in [-0.15, -0.1) is 0 Å². The molecule has 0 saturated carbocycles. The second kappa shape index (κ2) is 8.85. The lowest BCUT2D eigenvalue weighted by Gasteiger charge is -2.31. The molecule has 0 radical (unpaired) electrons. The third-order valence-corrected chi connectivity index (χ3v) is 4.72. The molecule has 9 heteroatoms. The molecule has 0 bridgehead atoms. The van der Waals surface area contributed by atoms with E-state index in [2.05, 4.69) is 4.98 Å². The monoisotopic (exact) mass is 402 g/mol. The Morgan fingerprint density at radius 2 is 1.97 bits per heavy atom. The lowest BCUT2D eigenvalue weighted by atomic mass is 10.2. The Morgan fingerprint density at radius 3 is 2.66 bits per heavy atom. The molecule has 1 unspecified atom stereocenters. The molecule has 1 aliphatic rings. The van der Waals surface area contributed by atoms with Crippen molar-refractivity contribution in [3.05, 3.63) is 45.1 Å². The standard InChI is InChI=1S/C20H26N4O5/c1-3-5-11-24-17(21)16(18(25)22-20(24)27)23(10-4-2)19(26)15-12-28-13-8-6-7-9-14(13)29-15/h6-9,15H,3-5,10-12,21H2,1-2H3,(H,22,25,27). The van der Waals surface area contributed by atoms with Crippen molar-refractivity contribution in [2.75, 3.05) is 23.8 Å². The van der Waals surface area contributed by atoms with Gasteiger partial charge in [0, 0.05) is 13.1 Å². The molecule has 0 saturated heterocycles. The first-order valence-electron chi connectivity index (χ1n) is 9.80. The average Bonchev–Trinajstić information content (AvgIpc) is 2.72. The molecule has 2 heterocycles. The average molecular weight is 402 g/mol. The molecule has 156 valence electrons. The summed E-state index contributed by atoms with van der Waals surface area (Å²) in [5, 5.41) is 0. The van der Waals surface area contributed by atoms with E-state index in [1.165, 1.54) is 9.47 Å². The number of nitrogens with two attached hydrogens (primary N) is 1. The SMILES string of the molecule is CCCCn1c(N)c(N(CCC)C(=O)C2COc3ccccc3O2)c(=O)[nH]c1=O. The number of amides is 1. The van der Waals surface area contributed by atoms with Crippen molar-refractivity contribution >= 4 is 17.4 Å². The van der Waals surface area contributed by atoms with Crippen molar-refractivity contribution in [1.29, 1.82) is 0 Å². The van der Waals surface area contributed by atoms with Gasteiger partial charge in [0.2, 0.25) is 6.10 Å².